The summed E-state index contributed by atoms with van der Waals surface area (Å²) < 4.78 is 0. The molecule has 0 bridgehead atoms. The van der Waals surface area contributed by atoms with Crippen molar-refractivity contribution in [3.8, 4) is 0 Å². The molecule has 0 aromatic carbocycles. The Balaban J connectivity index is 0. The number of hydrogen-bond acceptors (Lipinski definition) is 0. The van der Waals surface area contributed by atoms with E-state index in [0.29, 0.717) is 0 Å². The predicted molar refractivity (Wildman–Crippen MR) is 34.5 cm³/mol. The minimum absolute atomic E-state index is 0. The first-order chi connectivity index (χ1) is 1.73. The first kappa shape index (κ1) is 9.52. The molecule has 0 aliphatic rings. The Labute approximate surface area is 44.7 Å². The molecule has 0 spiro atoms. The van der Waals surface area contributed by atoms with Crippen LogP contribution in [0.15, 0.2) is 0 Å². The van der Waals surface area contributed by atoms with E-state index in [1.807, 2.05) is 0 Å². The van der Waals surface area contributed by atoms with Gasteiger partial charge in [-0.2, -0.15) is 9.90 Å². The van der Waals surface area contributed by atoms with E-state index in [-0.39, 0.29) is 9.90 Å². The van der Waals surface area contributed by atoms with Crippen LogP contribution < -0.4 is 0 Å². The van der Waals surface area contributed by atoms with E-state index in [2.05, 4.69) is 14.8 Å². The monoisotopic (exact) mass is 199 g/mol. The number of hydrogen-bond donors (Lipinski definition) is 0. The second-order valence-corrected chi connectivity index (χ2v) is 10.1. The van der Waals surface area contributed by atoms with Gasteiger partial charge in [0.15, 0.2) is 0 Å². The van der Waals surface area contributed by atoms with Gasteiger partial charge in [-0.25, -0.2) is 0 Å². The van der Waals surface area contributed by atoms with Gasteiger partial charge < -0.3 is 0 Å². The van der Waals surface area contributed by atoms with Gasteiger partial charge in [0.2, 0.25) is 0 Å². The average Bonchev–Trinajstić information content (AvgIpc) is 0.811. The Morgan fingerprint density at radius 2 is 1.00 bits per heavy atom. The predicted octanol–water partition coefficient (Wildman–Crippen LogP) is 1.43. The van der Waals surface area contributed by atoms with E-state index in [4.69, 9.17) is 0 Å². The van der Waals surface area contributed by atoms with Crippen molar-refractivity contribution >= 4 is 29.7 Å². The SMILES string of the molecule is P.[CH3][Sn]([CH3])[CH3]. The van der Waals surface area contributed by atoms with E-state index in [1.165, 1.54) is 0 Å². The molecular weight excluding hydrogens is 186 g/mol. The molecule has 0 rings (SSSR count). The number of rotatable bonds is 0. The van der Waals surface area contributed by atoms with Crippen LogP contribution in [0.1, 0.15) is 0 Å². The van der Waals surface area contributed by atoms with E-state index < -0.39 is 19.8 Å². The van der Waals surface area contributed by atoms with Gasteiger partial charge in [-0.3, -0.25) is 0 Å². The van der Waals surface area contributed by atoms with E-state index in [0.717, 1.165) is 0 Å². The molecule has 5 heavy (non-hydrogen) atoms. The van der Waals surface area contributed by atoms with Gasteiger partial charge in [-0.05, 0) is 0 Å². The summed E-state index contributed by atoms with van der Waals surface area (Å²) >= 11 is -0.543. The van der Waals surface area contributed by atoms with Crippen LogP contribution in [0.5, 0.6) is 0 Å². The maximum atomic E-state index is 2.36. The molecule has 0 N–H and O–H groups in total. The summed E-state index contributed by atoms with van der Waals surface area (Å²) in [5.41, 5.74) is 0. The van der Waals surface area contributed by atoms with Gasteiger partial charge in [-0.1, -0.05) is 0 Å². The molecule has 0 nitrogen and oxygen atoms in total. The second kappa shape index (κ2) is 5.23. The Morgan fingerprint density at radius 3 is 1.00 bits per heavy atom. The standard InChI is InChI=1S/3CH3.H3P.Sn/h4*1H3;. The van der Waals surface area contributed by atoms with Crippen LogP contribution in [0.4, 0.5) is 0 Å². The third-order valence-corrected chi connectivity index (χ3v) is 0. The van der Waals surface area contributed by atoms with Gasteiger partial charge >= 0.3 is 34.6 Å². The van der Waals surface area contributed by atoms with Crippen molar-refractivity contribution in [2.24, 2.45) is 0 Å². The first-order valence-electron chi connectivity index (χ1n) is 1.50. The summed E-state index contributed by atoms with van der Waals surface area (Å²) in [4.78, 5) is 7.09. The third-order valence-electron chi connectivity index (χ3n) is 0. The molecule has 0 saturated heterocycles. The van der Waals surface area contributed by atoms with Crippen molar-refractivity contribution in [2.45, 2.75) is 14.8 Å². The Bertz CT molecular complexity index is 11.6. The average molecular weight is 198 g/mol. The van der Waals surface area contributed by atoms with Crippen LogP contribution in [0.25, 0.3) is 0 Å². The topological polar surface area (TPSA) is 0 Å². The minimum atomic E-state index is -0.543. The fraction of sp³-hybridized carbons (Fsp3) is 1.00. The quantitative estimate of drug-likeness (QED) is 0.407. The molecule has 1 radical (unpaired) electrons. The fourth-order valence-electron chi connectivity index (χ4n) is 0. The zero-order valence-electron chi connectivity index (χ0n) is 4.21. The zero-order valence-corrected chi connectivity index (χ0v) is 8.48. The van der Waals surface area contributed by atoms with Crippen LogP contribution in [0.2, 0.25) is 14.8 Å². The van der Waals surface area contributed by atoms with Gasteiger partial charge in [0.05, 0.1) is 0 Å². The Hall–Kier alpha value is 1.23. The van der Waals surface area contributed by atoms with Gasteiger partial charge in [0.1, 0.15) is 0 Å². The van der Waals surface area contributed by atoms with Crippen LogP contribution in [-0.2, 0) is 0 Å². The van der Waals surface area contributed by atoms with Crippen molar-refractivity contribution in [1.82, 2.24) is 0 Å². The fourth-order valence-corrected chi connectivity index (χ4v) is 0. The summed E-state index contributed by atoms with van der Waals surface area (Å²) in [6, 6.07) is 0. The molecule has 0 fully saturated rings. The van der Waals surface area contributed by atoms with Gasteiger partial charge in [-0.15, -0.1) is 0 Å². The molecule has 1 unspecified atom stereocenters. The summed E-state index contributed by atoms with van der Waals surface area (Å²) in [6.45, 7) is 0. The van der Waals surface area contributed by atoms with Crippen LogP contribution in [0.3, 0.4) is 0 Å². The molecule has 1 atom stereocenters. The molecule has 0 aliphatic heterocycles. The summed E-state index contributed by atoms with van der Waals surface area (Å²) in [6.07, 6.45) is 0. The van der Waals surface area contributed by atoms with Crippen molar-refractivity contribution < 1.29 is 0 Å². The summed E-state index contributed by atoms with van der Waals surface area (Å²) in [7, 11) is 0. The van der Waals surface area contributed by atoms with E-state index in [1.54, 1.807) is 0 Å². The summed E-state index contributed by atoms with van der Waals surface area (Å²) in [5.74, 6) is 0. The molecule has 0 aliphatic carbocycles. The van der Waals surface area contributed by atoms with Crippen molar-refractivity contribution in [2.75, 3.05) is 0 Å². The van der Waals surface area contributed by atoms with Gasteiger partial charge in [0, 0.05) is 0 Å². The summed E-state index contributed by atoms with van der Waals surface area (Å²) in [5, 5.41) is 0. The first-order valence-corrected chi connectivity index (χ1v) is 10.1. The van der Waals surface area contributed by atoms with Crippen molar-refractivity contribution in [3.63, 3.8) is 0 Å². The molecule has 0 amide bonds. The maximum absolute atomic E-state index is 2.36. The molecule has 0 saturated carbocycles. The molecule has 0 heterocycles. The van der Waals surface area contributed by atoms with Crippen LogP contribution in [-0.4, -0.2) is 19.8 Å². The molecule has 2 heteroatoms. The zero-order chi connectivity index (χ0) is 3.58. The normalized spacial score (nSPS) is 7.20. The molecule has 33 valence electrons. The molecular formula is C3H12PSn. The van der Waals surface area contributed by atoms with E-state index in [9.17, 15) is 0 Å². The van der Waals surface area contributed by atoms with Crippen LogP contribution in [0, 0.1) is 0 Å². The Kier molecular flexibility index (Phi) is 9.96. The Morgan fingerprint density at radius 1 is 1.00 bits per heavy atom. The van der Waals surface area contributed by atoms with Gasteiger partial charge in [0.25, 0.3) is 0 Å². The van der Waals surface area contributed by atoms with Crippen molar-refractivity contribution in [1.29, 1.82) is 0 Å². The van der Waals surface area contributed by atoms with Crippen molar-refractivity contribution in [3.05, 3.63) is 0 Å². The van der Waals surface area contributed by atoms with E-state index >= 15 is 0 Å². The second-order valence-electron chi connectivity index (χ2n) is 1.50. The van der Waals surface area contributed by atoms with Crippen LogP contribution >= 0.6 is 9.90 Å². The third kappa shape index (κ3) is 36.1. The molecule has 0 aromatic heterocycles. The molecule has 0 aromatic rings.